The van der Waals surface area contributed by atoms with Crippen molar-refractivity contribution in [1.29, 1.82) is 0 Å². The zero-order valence-electron chi connectivity index (χ0n) is 14.5. The molecule has 0 amide bonds. The van der Waals surface area contributed by atoms with Crippen LogP contribution >= 0.6 is 24.0 Å². The van der Waals surface area contributed by atoms with Gasteiger partial charge in [0.25, 0.3) is 0 Å². The molecule has 138 valence electrons. The van der Waals surface area contributed by atoms with Crippen LogP contribution in [0.1, 0.15) is 5.69 Å². The van der Waals surface area contributed by atoms with E-state index in [1.807, 2.05) is 30.3 Å². The molecule has 0 saturated carbocycles. The molecule has 0 fully saturated rings. The van der Waals surface area contributed by atoms with Gasteiger partial charge in [-0.15, -0.1) is 24.0 Å². The summed E-state index contributed by atoms with van der Waals surface area (Å²) in [6.45, 7) is 2.97. The average molecular weight is 460 g/mol. The average Bonchev–Trinajstić information content (AvgIpc) is 3.10. The van der Waals surface area contributed by atoms with Crippen molar-refractivity contribution in [2.45, 2.75) is 6.54 Å². The SMILES string of the molecule is CN=C(NCCOCCOC)NCc1coc(-c2ccccc2)n1.I. The molecular weight excluding hydrogens is 435 g/mol. The Morgan fingerprint density at radius 3 is 2.68 bits per heavy atom. The van der Waals surface area contributed by atoms with Gasteiger partial charge in [-0.2, -0.15) is 0 Å². The van der Waals surface area contributed by atoms with Crippen LogP contribution in [0.25, 0.3) is 11.5 Å². The molecule has 0 radical (unpaired) electrons. The molecule has 0 bridgehead atoms. The van der Waals surface area contributed by atoms with Gasteiger partial charge in [0.05, 0.1) is 32.1 Å². The number of aliphatic imine (C=N–C) groups is 1. The highest BCUT2D eigenvalue weighted by Crippen LogP contribution is 2.17. The fraction of sp³-hybridized carbons (Fsp3) is 0.412. The molecule has 2 aromatic rings. The fourth-order valence-electron chi connectivity index (χ4n) is 1.98. The number of oxazole rings is 1. The Hall–Kier alpha value is -1.65. The normalized spacial score (nSPS) is 11.0. The summed E-state index contributed by atoms with van der Waals surface area (Å²) in [7, 11) is 3.37. The van der Waals surface area contributed by atoms with Crippen molar-refractivity contribution in [2.24, 2.45) is 4.99 Å². The van der Waals surface area contributed by atoms with Gasteiger partial charge in [0.2, 0.25) is 5.89 Å². The first-order chi connectivity index (χ1) is 11.8. The molecule has 0 aliphatic heterocycles. The van der Waals surface area contributed by atoms with E-state index in [1.165, 1.54) is 0 Å². The summed E-state index contributed by atoms with van der Waals surface area (Å²) in [4.78, 5) is 8.62. The van der Waals surface area contributed by atoms with Crippen LogP contribution in [0.4, 0.5) is 0 Å². The minimum Gasteiger partial charge on any atom is -0.444 e. The molecule has 7 nitrogen and oxygen atoms in total. The number of rotatable bonds is 9. The van der Waals surface area contributed by atoms with Gasteiger partial charge in [0.15, 0.2) is 5.96 Å². The molecule has 1 aromatic heterocycles. The van der Waals surface area contributed by atoms with Crippen LogP contribution in [0.5, 0.6) is 0 Å². The Balaban J connectivity index is 0.00000312. The molecule has 0 aliphatic rings. The van der Waals surface area contributed by atoms with Gasteiger partial charge in [0, 0.05) is 26.3 Å². The smallest absolute Gasteiger partial charge is 0.226 e. The maximum Gasteiger partial charge on any atom is 0.226 e. The molecular formula is C17H25IN4O3. The van der Waals surface area contributed by atoms with Crippen LogP contribution in [-0.4, -0.2) is 51.5 Å². The number of methoxy groups -OCH3 is 1. The van der Waals surface area contributed by atoms with Gasteiger partial charge in [-0.3, -0.25) is 4.99 Å². The number of aromatic nitrogens is 1. The van der Waals surface area contributed by atoms with E-state index in [2.05, 4.69) is 20.6 Å². The van der Waals surface area contributed by atoms with Crippen molar-refractivity contribution in [3.8, 4) is 11.5 Å². The van der Waals surface area contributed by atoms with Gasteiger partial charge < -0.3 is 24.5 Å². The summed E-state index contributed by atoms with van der Waals surface area (Å²) in [5, 5.41) is 6.36. The lowest BCUT2D eigenvalue weighted by molar-refractivity contribution is 0.0733. The third-order valence-corrected chi connectivity index (χ3v) is 3.20. The minimum atomic E-state index is 0. The van der Waals surface area contributed by atoms with Gasteiger partial charge in [-0.05, 0) is 12.1 Å². The van der Waals surface area contributed by atoms with Gasteiger partial charge in [-0.25, -0.2) is 4.98 Å². The van der Waals surface area contributed by atoms with E-state index in [0.717, 1.165) is 11.3 Å². The third-order valence-electron chi connectivity index (χ3n) is 3.20. The predicted molar refractivity (Wildman–Crippen MR) is 108 cm³/mol. The number of halogens is 1. The number of nitrogens with zero attached hydrogens (tertiary/aromatic N) is 2. The standard InChI is InChI=1S/C17H24N4O3.HI/c1-18-17(19-8-9-23-11-10-22-2)20-12-15-13-24-16(21-15)14-6-4-3-5-7-14;/h3-7,13H,8-12H2,1-2H3,(H2,18,19,20);1H. The first kappa shape index (κ1) is 21.4. The summed E-state index contributed by atoms with van der Waals surface area (Å²) in [6, 6.07) is 9.81. The van der Waals surface area contributed by atoms with E-state index >= 15 is 0 Å². The van der Waals surface area contributed by atoms with E-state index < -0.39 is 0 Å². The topological polar surface area (TPSA) is 80.9 Å². The fourth-order valence-corrected chi connectivity index (χ4v) is 1.98. The molecule has 2 N–H and O–H groups in total. The summed E-state index contributed by atoms with van der Waals surface area (Å²) in [5.74, 6) is 1.30. The molecule has 1 heterocycles. The Labute approximate surface area is 165 Å². The Bertz CT molecular complexity index is 619. The van der Waals surface area contributed by atoms with E-state index in [0.29, 0.717) is 44.8 Å². The van der Waals surface area contributed by atoms with Crippen LogP contribution in [0.2, 0.25) is 0 Å². The van der Waals surface area contributed by atoms with Gasteiger partial charge >= 0.3 is 0 Å². The summed E-state index contributed by atoms with van der Waals surface area (Å²) >= 11 is 0. The predicted octanol–water partition coefficient (Wildman–Crippen LogP) is 2.29. The van der Waals surface area contributed by atoms with Crippen molar-refractivity contribution in [1.82, 2.24) is 15.6 Å². The monoisotopic (exact) mass is 460 g/mol. The second kappa shape index (κ2) is 12.7. The molecule has 0 unspecified atom stereocenters. The van der Waals surface area contributed by atoms with Crippen molar-refractivity contribution in [3.63, 3.8) is 0 Å². The van der Waals surface area contributed by atoms with Crippen molar-refractivity contribution < 1.29 is 13.9 Å². The molecule has 0 aliphatic carbocycles. The molecule has 0 atom stereocenters. The minimum absolute atomic E-state index is 0. The second-order valence-corrected chi connectivity index (χ2v) is 4.97. The maximum absolute atomic E-state index is 5.51. The van der Waals surface area contributed by atoms with Crippen LogP contribution in [-0.2, 0) is 16.0 Å². The lowest BCUT2D eigenvalue weighted by atomic mass is 10.2. The van der Waals surface area contributed by atoms with Gasteiger partial charge in [0.1, 0.15) is 6.26 Å². The Kier molecular flexibility index (Phi) is 10.8. The molecule has 1 aromatic carbocycles. The van der Waals surface area contributed by atoms with Crippen molar-refractivity contribution >= 4 is 29.9 Å². The number of hydrogen-bond donors (Lipinski definition) is 2. The zero-order chi connectivity index (χ0) is 17.0. The van der Waals surface area contributed by atoms with Crippen LogP contribution in [0.15, 0.2) is 46.0 Å². The third kappa shape index (κ3) is 7.84. The number of hydrogen-bond acceptors (Lipinski definition) is 5. The highest BCUT2D eigenvalue weighted by atomic mass is 127. The first-order valence-corrected chi connectivity index (χ1v) is 7.84. The van der Waals surface area contributed by atoms with E-state index in [1.54, 1.807) is 20.4 Å². The first-order valence-electron chi connectivity index (χ1n) is 7.84. The quantitative estimate of drug-likeness (QED) is 0.259. The largest absolute Gasteiger partial charge is 0.444 e. The molecule has 0 spiro atoms. The number of guanidine groups is 1. The van der Waals surface area contributed by atoms with E-state index in [9.17, 15) is 0 Å². The summed E-state index contributed by atoms with van der Waals surface area (Å²) in [6.07, 6.45) is 1.65. The van der Waals surface area contributed by atoms with Crippen LogP contribution in [0.3, 0.4) is 0 Å². The number of nitrogens with one attached hydrogen (secondary N) is 2. The van der Waals surface area contributed by atoms with Crippen molar-refractivity contribution in [3.05, 3.63) is 42.3 Å². The highest BCUT2D eigenvalue weighted by molar-refractivity contribution is 14.0. The van der Waals surface area contributed by atoms with E-state index in [4.69, 9.17) is 13.9 Å². The van der Waals surface area contributed by atoms with Gasteiger partial charge in [-0.1, -0.05) is 18.2 Å². The van der Waals surface area contributed by atoms with Crippen LogP contribution < -0.4 is 10.6 Å². The lowest BCUT2D eigenvalue weighted by Crippen LogP contribution is -2.38. The molecule has 2 rings (SSSR count). The van der Waals surface area contributed by atoms with E-state index in [-0.39, 0.29) is 24.0 Å². The Morgan fingerprint density at radius 2 is 1.96 bits per heavy atom. The molecule has 0 saturated heterocycles. The Morgan fingerprint density at radius 1 is 1.16 bits per heavy atom. The lowest BCUT2D eigenvalue weighted by Gasteiger charge is -2.10. The maximum atomic E-state index is 5.51. The number of ether oxygens (including phenoxy) is 2. The highest BCUT2D eigenvalue weighted by Gasteiger charge is 2.06. The van der Waals surface area contributed by atoms with Crippen molar-refractivity contribution in [2.75, 3.05) is 40.5 Å². The molecule has 25 heavy (non-hydrogen) atoms. The van der Waals surface area contributed by atoms with Crippen LogP contribution in [0, 0.1) is 0 Å². The summed E-state index contributed by atoms with van der Waals surface area (Å²) in [5.41, 5.74) is 1.77. The number of benzene rings is 1. The second-order valence-electron chi connectivity index (χ2n) is 4.97. The molecule has 8 heteroatoms. The zero-order valence-corrected chi connectivity index (χ0v) is 16.9. The summed E-state index contributed by atoms with van der Waals surface area (Å²) < 4.78 is 15.8.